The molecule has 0 radical (unpaired) electrons. The second kappa shape index (κ2) is 8.35. The van der Waals surface area contributed by atoms with Crippen LogP contribution in [-0.4, -0.2) is 59.2 Å². The molecule has 1 aliphatic carbocycles. The predicted molar refractivity (Wildman–Crippen MR) is 92.3 cm³/mol. The van der Waals surface area contributed by atoms with Crippen LogP contribution in [0.1, 0.15) is 37.8 Å². The minimum Gasteiger partial charge on any atom is -0.379 e. The topological polar surface area (TPSA) is 67.4 Å². The lowest BCUT2D eigenvalue weighted by atomic mass is 9.79. The Kier molecular flexibility index (Phi) is 5.93. The maximum atomic E-state index is 12.2. The van der Waals surface area contributed by atoms with Crippen LogP contribution in [0.3, 0.4) is 0 Å². The van der Waals surface area contributed by atoms with Gasteiger partial charge in [0.05, 0.1) is 25.1 Å². The number of rotatable bonds is 5. The summed E-state index contributed by atoms with van der Waals surface area (Å²) in [6.45, 7) is 4.22. The van der Waals surface area contributed by atoms with Gasteiger partial charge < -0.3 is 10.1 Å². The molecule has 1 saturated heterocycles. The quantitative estimate of drug-likeness (QED) is 0.832. The van der Waals surface area contributed by atoms with E-state index in [1.807, 2.05) is 0 Å². The minimum absolute atomic E-state index is 0.0705. The minimum atomic E-state index is -0.0705. The van der Waals surface area contributed by atoms with Gasteiger partial charge in [-0.2, -0.15) is 0 Å². The average molecular weight is 330 g/mol. The highest BCUT2D eigenvalue weighted by Gasteiger charge is 2.38. The number of hydrogen-bond acceptors (Lipinski definition) is 5. The molecule has 24 heavy (non-hydrogen) atoms. The number of amides is 1. The highest BCUT2D eigenvalue weighted by atomic mass is 16.5. The van der Waals surface area contributed by atoms with Gasteiger partial charge in [-0.25, -0.2) is 0 Å². The zero-order valence-electron chi connectivity index (χ0n) is 14.1. The van der Waals surface area contributed by atoms with Crippen LogP contribution in [0, 0.1) is 0 Å². The standard InChI is InChI=1S/C18H26N4O2/c23-17(5-4-16-14-19-8-9-20-16)21-15-18(6-2-1-3-7-18)22-10-12-24-13-11-22/h4-5,8-9,14H,1-3,6-7,10-13,15H2,(H,21,23). The Bertz CT molecular complexity index is 549. The molecule has 0 bridgehead atoms. The molecule has 0 aromatic carbocycles. The van der Waals surface area contributed by atoms with Gasteiger partial charge in [0.15, 0.2) is 0 Å². The number of carbonyl (C=O) groups excluding carboxylic acids is 1. The van der Waals surface area contributed by atoms with E-state index in [1.165, 1.54) is 19.3 Å². The van der Waals surface area contributed by atoms with Gasteiger partial charge in [-0.3, -0.25) is 19.7 Å². The Hall–Kier alpha value is -1.79. The van der Waals surface area contributed by atoms with Gasteiger partial charge in [-0.1, -0.05) is 19.3 Å². The molecule has 2 fully saturated rings. The van der Waals surface area contributed by atoms with E-state index in [-0.39, 0.29) is 11.4 Å². The van der Waals surface area contributed by atoms with Gasteiger partial charge >= 0.3 is 0 Å². The van der Waals surface area contributed by atoms with Crippen LogP contribution < -0.4 is 5.32 Å². The molecule has 1 saturated carbocycles. The van der Waals surface area contributed by atoms with Gasteiger partial charge in [-0.05, 0) is 18.9 Å². The third kappa shape index (κ3) is 4.39. The van der Waals surface area contributed by atoms with E-state index in [1.54, 1.807) is 30.7 Å². The van der Waals surface area contributed by atoms with Crippen LogP contribution in [-0.2, 0) is 9.53 Å². The monoisotopic (exact) mass is 330 g/mol. The van der Waals surface area contributed by atoms with Crippen LogP contribution in [0.15, 0.2) is 24.7 Å². The van der Waals surface area contributed by atoms with Crippen molar-refractivity contribution in [1.82, 2.24) is 20.2 Å². The van der Waals surface area contributed by atoms with E-state index < -0.39 is 0 Å². The van der Waals surface area contributed by atoms with Crippen LogP contribution in [0.4, 0.5) is 0 Å². The van der Waals surface area contributed by atoms with Gasteiger partial charge in [0, 0.05) is 43.6 Å². The van der Waals surface area contributed by atoms with Crippen molar-refractivity contribution in [2.24, 2.45) is 0 Å². The molecule has 2 heterocycles. The Morgan fingerprint density at radius 1 is 1.25 bits per heavy atom. The number of nitrogens with one attached hydrogen (secondary N) is 1. The number of hydrogen-bond donors (Lipinski definition) is 1. The van der Waals surface area contributed by atoms with E-state index in [0.29, 0.717) is 12.2 Å². The summed E-state index contributed by atoms with van der Waals surface area (Å²) in [5.74, 6) is -0.0705. The molecule has 1 N–H and O–H groups in total. The molecule has 130 valence electrons. The zero-order valence-corrected chi connectivity index (χ0v) is 14.1. The van der Waals surface area contributed by atoms with E-state index in [2.05, 4.69) is 20.2 Å². The van der Waals surface area contributed by atoms with E-state index >= 15 is 0 Å². The molecule has 1 amide bonds. The first-order valence-corrected chi connectivity index (χ1v) is 8.83. The van der Waals surface area contributed by atoms with Crippen molar-refractivity contribution in [2.75, 3.05) is 32.8 Å². The molecular weight excluding hydrogens is 304 g/mol. The third-order valence-corrected chi connectivity index (χ3v) is 5.05. The first-order chi connectivity index (χ1) is 11.8. The highest BCUT2D eigenvalue weighted by Crippen LogP contribution is 2.33. The lowest BCUT2D eigenvalue weighted by Crippen LogP contribution is -2.59. The molecule has 0 unspecified atom stereocenters. The van der Waals surface area contributed by atoms with Crippen molar-refractivity contribution >= 4 is 12.0 Å². The first kappa shape index (κ1) is 17.0. The fourth-order valence-electron chi connectivity index (χ4n) is 3.72. The number of aromatic nitrogens is 2. The predicted octanol–water partition coefficient (Wildman–Crippen LogP) is 1.64. The molecule has 6 heteroatoms. The fraction of sp³-hybridized carbons (Fsp3) is 0.611. The molecular formula is C18H26N4O2. The van der Waals surface area contributed by atoms with Crippen LogP contribution in [0.5, 0.6) is 0 Å². The first-order valence-electron chi connectivity index (χ1n) is 8.83. The third-order valence-electron chi connectivity index (χ3n) is 5.05. The van der Waals surface area contributed by atoms with Crippen molar-refractivity contribution in [3.05, 3.63) is 30.4 Å². The van der Waals surface area contributed by atoms with Crippen molar-refractivity contribution in [2.45, 2.75) is 37.6 Å². The number of ether oxygens (including phenoxy) is 1. The Morgan fingerprint density at radius 3 is 2.75 bits per heavy atom. The van der Waals surface area contributed by atoms with E-state index in [4.69, 9.17) is 4.74 Å². The molecule has 0 atom stereocenters. The van der Waals surface area contributed by atoms with Crippen molar-refractivity contribution in [1.29, 1.82) is 0 Å². The van der Waals surface area contributed by atoms with E-state index in [0.717, 1.165) is 39.1 Å². The number of carbonyl (C=O) groups is 1. The lowest BCUT2D eigenvalue weighted by Gasteiger charge is -2.48. The van der Waals surface area contributed by atoms with E-state index in [9.17, 15) is 4.79 Å². The van der Waals surface area contributed by atoms with Crippen molar-refractivity contribution in [3.63, 3.8) is 0 Å². The Labute approximate surface area is 143 Å². The second-order valence-corrected chi connectivity index (χ2v) is 6.57. The highest BCUT2D eigenvalue weighted by molar-refractivity contribution is 5.91. The summed E-state index contributed by atoms with van der Waals surface area (Å²) in [7, 11) is 0. The smallest absolute Gasteiger partial charge is 0.244 e. The van der Waals surface area contributed by atoms with Gasteiger partial charge in [0.1, 0.15) is 0 Å². The second-order valence-electron chi connectivity index (χ2n) is 6.57. The summed E-state index contributed by atoms with van der Waals surface area (Å²) in [5.41, 5.74) is 0.783. The summed E-state index contributed by atoms with van der Waals surface area (Å²) in [4.78, 5) is 22.9. The summed E-state index contributed by atoms with van der Waals surface area (Å²) < 4.78 is 5.50. The van der Waals surface area contributed by atoms with Gasteiger partial charge in [0.2, 0.25) is 5.91 Å². The Balaban J connectivity index is 1.58. The lowest BCUT2D eigenvalue weighted by molar-refractivity contribution is -0.117. The molecule has 1 aromatic rings. The van der Waals surface area contributed by atoms with Gasteiger partial charge in [0.25, 0.3) is 0 Å². The molecule has 2 aliphatic rings. The largest absolute Gasteiger partial charge is 0.379 e. The molecule has 6 nitrogen and oxygen atoms in total. The normalized spacial score (nSPS) is 21.7. The number of nitrogens with zero attached hydrogens (tertiary/aromatic N) is 3. The van der Waals surface area contributed by atoms with Crippen LogP contribution in [0.2, 0.25) is 0 Å². The molecule has 1 aromatic heterocycles. The number of morpholine rings is 1. The fourth-order valence-corrected chi connectivity index (χ4v) is 3.72. The molecule has 1 aliphatic heterocycles. The Morgan fingerprint density at radius 2 is 2.04 bits per heavy atom. The summed E-state index contributed by atoms with van der Waals surface area (Å²) >= 11 is 0. The maximum Gasteiger partial charge on any atom is 0.244 e. The molecule has 0 spiro atoms. The average Bonchev–Trinajstić information content (AvgIpc) is 2.67. The summed E-state index contributed by atoms with van der Waals surface area (Å²) in [6, 6.07) is 0. The summed E-state index contributed by atoms with van der Waals surface area (Å²) in [5, 5.41) is 3.10. The maximum absolute atomic E-state index is 12.2. The van der Waals surface area contributed by atoms with Crippen molar-refractivity contribution < 1.29 is 9.53 Å². The molecule has 3 rings (SSSR count). The summed E-state index contributed by atoms with van der Waals surface area (Å²) in [6.07, 6.45) is 14.2. The zero-order chi connectivity index (χ0) is 16.7. The SMILES string of the molecule is O=C(C=Cc1cnccn1)NCC1(N2CCOCC2)CCCCC1. The van der Waals surface area contributed by atoms with Gasteiger partial charge in [-0.15, -0.1) is 0 Å². The van der Waals surface area contributed by atoms with Crippen LogP contribution >= 0.6 is 0 Å². The van der Waals surface area contributed by atoms with Crippen LogP contribution in [0.25, 0.3) is 6.08 Å². The van der Waals surface area contributed by atoms with Crippen molar-refractivity contribution in [3.8, 4) is 0 Å².